The topological polar surface area (TPSA) is 15.3 Å². The molecular formula is C19H38N2. The SMILES string of the molecule is CC(C)NCC1(CN(C)C2CCC(C)(C)CC2)CCCC1. The highest BCUT2D eigenvalue weighted by Crippen LogP contribution is 2.41. The summed E-state index contributed by atoms with van der Waals surface area (Å²) >= 11 is 0. The van der Waals surface area contributed by atoms with E-state index in [4.69, 9.17) is 0 Å². The minimum Gasteiger partial charge on any atom is -0.314 e. The van der Waals surface area contributed by atoms with Crippen LogP contribution in [0.2, 0.25) is 0 Å². The molecule has 0 radical (unpaired) electrons. The van der Waals surface area contributed by atoms with Crippen LogP contribution < -0.4 is 5.32 Å². The normalized spacial score (nSPS) is 25.9. The molecular weight excluding hydrogens is 256 g/mol. The van der Waals surface area contributed by atoms with E-state index in [0.29, 0.717) is 16.9 Å². The van der Waals surface area contributed by atoms with Gasteiger partial charge in [-0.2, -0.15) is 0 Å². The van der Waals surface area contributed by atoms with Crippen molar-refractivity contribution in [3.05, 3.63) is 0 Å². The Morgan fingerprint density at radius 1 is 1.05 bits per heavy atom. The summed E-state index contributed by atoms with van der Waals surface area (Å²) in [6.45, 7) is 11.9. The third-order valence-corrected chi connectivity index (χ3v) is 6.07. The fraction of sp³-hybridized carbons (Fsp3) is 1.00. The second kappa shape index (κ2) is 7.00. The maximum atomic E-state index is 3.72. The highest BCUT2D eigenvalue weighted by Gasteiger charge is 2.37. The van der Waals surface area contributed by atoms with Gasteiger partial charge in [-0.05, 0) is 56.4 Å². The summed E-state index contributed by atoms with van der Waals surface area (Å²) in [5, 5.41) is 3.72. The van der Waals surface area contributed by atoms with Crippen molar-refractivity contribution >= 4 is 0 Å². The highest BCUT2D eigenvalue weighted by atomic mass is 15.1. The average Bonchev–Trinajstić information content (AvgIpc) is 2.85. The van der Waals surface area contributed by atoms with Crippen LogP contribution in [0.15, 0.2) is 0 Å². The lowest BCUT2D eigenvalue weighted by Crippen LogP contribution is -2.47. The van der Waals surface area contributed by atoms with Gasteiger partial charge >= 0.3 is 0 Å². The molecule has 0 aromatic rings. The molecule has 0 aromatic heterocycles. The third-order valence-electron chi connectivity index (χ3n) is 6.07. The zero-order valence-corrected chi connectivity index (χ0v) is 15.2. The summed E-state index contributed by atoms with van der Waals surface area (Å²) in [4.78, 5) is 2.71. The predicted molar refractivity (Wildman–Crippen MR) is 92.7 cm³/mol. The first-order valence-electron chi connectivity index (χ1n) is 9.26. The largest absolute Gasteiger partial charge is 0.314 e. The van der Waals surface area contributed by atoms with Crippen LogP contribution in [0, 0.1) is 10.8 Å². The summed E-state index contributed by atoms with van der Waals surface area (Å²) in [6.07, 6.45) is 11.3. The first-order chi connectivity index (χ1) is 9.82. The van der Waals surface area contributed by atoms with E-state index in [0.717, 1.165) is 6.04 Å². The quantitative estimate of drug-likeness (QED) is 0.779. The Balaban J connectivity index is 1.88. The number of rotatable bonds is 6. The summed E-state index contributed by atoms with van der Waals surface area (Å²) in [5.74, 6) is 0. The molecule has 21 heavy (non-hydrogen) atoms. The zero-order chi connectivity index (χ0) is 15.5. The first-order valence-corrected chi connectivity index (χ1v) is 9.26. The van der Waals surface area contributed by atoms with Crippen molar-refractivity contribution in [3.63, 3.8) is 0 Å². The van der Waals surface area contributed by atoms with Gasteiger partial charge in [0.1, 0.15) is 0 Å². The lowest BCUT2D eigenvalue weighted by atomic mass is 9.75. The molecule has 2 heteroatoms. The summed E-state index contributed by atoms with van der Waals surface area (Å²) in [6, 6.07) is 1.44. The van der Waals surface area contributed by atoms with Gasteiger partial charge in [0.05, 0.1) is 0 Å². The van der Waals surface area contributed by atoms with E-state index >= 15 is 0 Å². The van der Waals surface area contributed by atoms with Crippen molar-refractivity contribution in [2.45, 2.75) is 91.1 Å². The van der Waals surface area contributed by atoms with Crippen LogP contribution in [-0.4, -0.2) is 37.1 Å². The molecule has 0 heterocycles. The van der Waals surface area contributed by atoms with Crippen molar-refractivity contribution in [2.24, 2.45) is 10.8 Å². The van der Waals surface area contributed by atoms with Crippen molar-refractivity contribution in [2.75, 3.05) is 20.1 Å². The van der Waals surface area contributed by atoms with Crippen LogP contribution >= 0.6 is 0 Å². The smallest absolute Gasteiger partial charge is 0.00928 e. The lowest BCUT2D eigenvalue weighted by Gasteiger charge is -2.42. The van der Waals surface area contributed by atoms with Gasteiger partial charge in [0.15, 0.2) is 0 Å². The summed E-state index contributed by atoms with van der Waals surface area (Å²) in [5.41, 5.74) is 1.13. The minimum absolute atomic E-state index is 0.548. The Morgan fingerprint density at radius 2 is 1.62 bits per heavy atom. The summed E-state index contributed by atoms with van der Waals surface area (Å²) in [7, 11) is 2.39. The van der Waals surface area contributed by atoms with Crippen LogP contribution in [-0.2, 0) is 0 Å². The molecule has 2 nitrogen and oxygen atoms in total. The number of nitrogens with zero attached hydrogens (tertiary/aromatic N) is 1. The van der Waals surface area contributed by atoms with Crippen LogP contribution in [0.4, 0.5) is 0 Å². The van der Waals surface area contributed by atoms with E-state index in [1.165, 1.54) is 64.5 Å². The fourth-order valence-corrected chi connectivity index (χ4v) is 4.42. The van der Waals surface area contributed by atoms with Crippen LogP contribution in [0.5, 0.6) is 0 Å². The van der Waals surface area contributed by atoms with Gasteiger partial charge in [-0.1, -0.05) is 40.5 Å². The van der Waals surface area contributed by atoms with E-state index in [-0.39, 0.29) is 0 Å². The zero-order valence-electron chi connectivity index (χ0n) is 15.2. The molecule has 0 aliphatic heterocycles. The number of hydrogen-bond donors (Lipinski definition) is 1. The molecule has 0 aromatic carbocycles. The Labute approximate surface area is 133 Å². The second-order valence-electron chi connectivity index (χ2n) is 9.05. The molecule has 0 atom stereocenters. The molecule has 2 rings (SSSR count). The van der Waals surface area contributed by atoms with Gasteiger partial charge in [0.25, 0.3) is 0 Å². The molecule has 0 spiro atoms. The minimum atomic E-state index is 0.548. The molecule has 2 saturated carbocycles. The lowest BCUT2D eigenvalue weighted by molar-refractivity contribution is 0.0833. The van der Waals surface area contributed by atoms with Gasteiger partial charge < -0.3 is 10.2 Å². The van der Waals surface area contributed by atoms with Crippen molar-refractivity contribution in [3.8, 4) is 0 Å². The standard InChI is InChI=1S/C19H38N2/c1-16(2)20-14-19(10-6-7-11-19)15-21(5)17-8-12-18(3,4)13-9-17/h16-17,20H,6-15H2,1-5H3. The molecule has 0 amide bonds. The van der Waals surface area contributed by atoms with E-state index < -0.39 is 0 Å². The van der Waals surface area contributed by atoms with Crippen LogP contribution in [0.25, 0.3) is 0 Å². The van der Waals surface area contributed by atoms with Crippen molar-refractivity contribution in [1.29, 1.82) is 0 Å². The molecule has 2 fully saturated rings. The molecule has 0 bridgehead atoms. The Hall–Kier alpha value is -0.0800. The Bertz CT molecular complexity index is 306. The summed E-state index contributed by atoms with van der Waals surface area (Å²) < 4.78 is 0. The Kier molecular flexibility index (Phi) is 5.76. The highest BCUT2D eigenvalue weighted by molar-refractivity contribution is 4.92. The van der Waals surface area contributed by atoms with Crippen molar-refractivity contribution in [1.82, 2.24) is 10.2 Å². The molecule has 0 unspecified atom stereocenters. The molecule has 0 saturated heterocycles. The van der Waals surface area contributed by atoms with E-state index in [9.17, 15) is 0 Å². The van der Waals surface area contributed by atoms with Crippen LogP contribution in [0.1, 0.15) is 79.1 Å². The van der Waals surface area contributed by atoms with Gasteiger partial charge in [0, 0.05) is 25.2 Å². The molecule has 2 aliphatic carbocycles. The molecule has 1 N–H and O–H groups in total. The average molecular weight is 295 g/mol. The Morgan fingerprint density at radius 3 is 2.14 bits per heavy atom. The van der Waals surface area contributed by atoms with Gasteiger partial charge in [-0.3, -0.25) is 0 Å². The van der Waals surface area contributed by atoms with E-state index in [1.54, 1.807) is 0 Å². The third kappa shape index (κ3) is 4.96. The van der Waals surface area contributed by atoms with Crippen LogP contribution in [0.3, 0.4) is 0 Å². The van der Waals surface area contributed by atoms with Gasteiger partial charge in [-0.15, -0.1) is 0 Å². The molecule has 2 aliphatic rings. The maximum absolute atomic E-state index is 3.72. The monoisotopic (exact) mass is 294 g/mol. The van der Waals surface area contributed by atoms with E-state index in [2.05, 4.69) is 45.0 Å². The number of hydrogen-bond acceptors (Lipinski definition) is 2. The van der Waals surface area contributed by atoms with E-state index in [1.807, 2.05) is 0 Å². The first kappa shape index (κ1) is 17.3. The maximum Gasteiger partial charge on any atom is 0.00928 e. The number of nitrogens with one attached hydrogen (secondary N) is 1. The molecule has 124 valence electrons. The predicted octanol–water partition coefficient (Wildman–Crippen LogP) is 4.45. The van der Waals surface area contributed by atoms with Gasteiger partial charge in [-0.25, -0.2) is 0 Å². The van der Waals surface area contributed by atoms with Crippen molar-refractivity contribution < 1.29 is 0 Å². The van der Waals surface area contributed by atoms with Gasteiger partial charge in [0.2, 0.25) is 0 Å². The second-order valence-corrected chi connectivity index (χ2v) is 9.05. The fourth-order valence-electron chi connectivity index (χ4n) is 4.42.